The molecule has 0 amide bonds. The molecule has 0 aliphatic carbocycles. The summed E-state index contributed by atoms with van der Waals surface area (Å²) < 4.78 is 23.4. The van der Waals surface area contributed by atoms with Crippen molar-refractivity contribution < 1.29 is 18.9 Å². The molecular weight excluding hydrogens is 472 g/mol. The van der Waals surface area contributed by atoms with Gasteiger partial charge >= 0.3 is 0 Å². The lowest BCUT2D eigenvalue weighted by atomic mass is 10.0. The Labute approximate surface area is 213 Å². The smallest absolute Gasteiger partial charge is 0.210 e. The van der Waals surface area contributed by atoms with Crippen LogP contribution in [0.25, 0.3) is 0 Å². The van der Waals surface area contributed by atoms with E-state index in [0.717, 1.165) is 11.5 Å². The van der Waals surface area contributed by atoms with E-state index >= 15 is 0 Å². The summed E-state index contributed by atoms with van der Waals surface area (Å²) in [4.78, 5) is 19.5. The first kappa shape index (κ1) is 28.8. The zero-order chi connectivity index (χ0) is 25.1. The summed E-state index contributed by atoms with van der Waals surface area (Å²) in [6, 6.07) is -0.507. The van der Waals surface area contributed by atoms with E-state index in [9.17, 15) is 0 Å². The van der Waals surface area contributed by atoms with Gasteiger partial charge in [-0.15, -0.1) is 0 Å². The molecule has 10 heteroatoms. The number of hydrogen-bond donors (Lipinski definition) is 0. The summed E-state index contributed by atoms with van der Waals surface area (Å²) in [7, 11) is 3.45. The Hall–Kier alpha value is -1.42. The number of ether oxygens (including phenoxy) is 4. The van der Waals surface area contributed by atoms with Crippen molar-refractivity contribution in [2.75, 3.05) is 37.9 Å². The predicted molar refractivity (Wildman–Crippen MR) is 146 cm³/mol. The fourth-order valence-electron chi connectivity index (χ4n) is 3.54. The molecule has 4 atom stereocenters. The lowest BCUT2D eigenvalue weighted by Crippen LogP contribution is -2.39. The summed E-state index contributed by atoms with van der Waals surface area (Å²) >= 11 is 0. The van der Waals surface area contributed by atoms with E-state index in [1.807, 2.05) is 27.7 Å². The Bertz CT molecular complexity index is 693. The lowest BCUT2D eigenvalue weighted by molar-refractivity contribution is 0.278. The second kappa shape index (κ2) is 14.9. The molecule has 2 rings (SSSR count). The fourth-order valence-corrected chi connectivity index (χ4v) is 5.78. The monoisotopic (exact) mass is 514 g/mol. The first-order chi connectivity index (χ1) is 16.4. The number of nitrogens with zero attached hydrogens (tertiary/aromatic N) is 4. The van der Waals surface area contributed by atoms with Gasteiger partial charge in [-0.1, -0.05) is 49.3 Å². The van der Waals surface area contributed by atoms with E-state index < -0.39 is 0 Å². The van der Waals surface area contributed by atoms with Gasteiger partial charge in [0.25, 0.3) is 0 Å². The predicted octanol–water partition coefficient (Wildman–Crippen LogP) is 4.92. The van der Waals surface area contributed by atoms with E-state index in [-0.39, 0.29) is 24.2 Å². The number of aliphatic imine (C=N–C) groups is 4. The van der Waals surface area contributed by atoms with Crippen LogP contribution in [0.15, 0.2) is 20.0 Å². The molecule has 0 saturated carbocycles. The first-order valence-corrected chi connectivity index (χ1v) is 14.9. The maximum atomic E-state index is 5.86. The minimum absolute atomic E-state index is 0.0946. The van der Waals surface area contributed by atoms with E-state index in [2.05, 4.69) is 27.7 Å². The van der Waals surface area contributed by atoms with Crippen LogP contribution >= 0.6 is 21.6 Å². The summed E-state index contributed by atoms with van der Waals surface area (Å²) in [5.74, 6) is 4.86. The van der Waals surface area contributed by atoms with Crippen LogP contribution in [-0.4, -0.2) is 85.7 Å². The highest BCUT2D eigenvalue weighted by Crippen LogP contribution is 2.29. The molecule has 0 bridgehead atoms. The highest BCUT2D eigenvalue weighted by molar-refractivity contribution is 8.76. The molecule has 0 saturated heterocycles. The third-order valence-corrected chi connectivity index (χ3v) is 7.53. The maximum absolute atomic E-state index is 5.86. The summed E-state index contributed by atoms with van der Waals surface area (Å²) in [6.45, 7) is 18.7. The van der Waals surface area contributed by atoms with Gasteiger partial charge in [0, 0.05) is 11.5 Å². The minimum Gasteiger partial charge on any atom is -0.480 e. The second-order valence-electron chi connectivity index (χ2n) is 8.58. The van der Waals surface area contributed by atoms with Crippen molar-refractivity contribution in [3.8, 4) is 0 Å². The van der Waals surface area contributed by atoms with Crippen molar-refractivity contribution >= 4 is 45.2 Å². The third kappa shape index (κ3) is 8.07. The van der Waals surface area contributed by atoms with Crippen LogP contribution in [0.3, 0.4) is 0 Å². The Morgan fingerprint density at radius 2 is 0.882 bits per heavy atom. The molecule has 2 aliphatic heterocycles. The SMILES string of the molecule is CCOC1=N[C@H](C(C)C)C(OCC)=N[C@H]1CSSC[C@@H]1N=C(OCC)[C@@H](C(C)C)N=C1OCC. The zero-order valence-corrected chi connectivity index (χ0v) is 23.6. The molecular formula is C24H42N4O4S2. The van der Waals surface area contributed by atoms with Crippen LogP contribution in [0, 0.1) is 11.8 Å². The largest absolute Gasteiger partial charge is 0.480 e. The molecule has 34 heavy (non-hydrogen) atoms. The van der Waals surface area contributed by atoms with Crippen molar-refractivity contribution in [1.82, 2.24) is 0 Å². The third-order valence-electron chi connectivity index (χ3n) is 5.14. The van der Waals surface area contributed by atoms with Crippen molar-refractivity contribution in [2.45, 2.75) is 79.6 Å². The number of hydrogen-bond acceptors (Lipinski definition) is 10. The van der Waals surface area contributed by atoms with Gasteiger partial charge in [-0.25, -0.2) is 20.0 Å². The lowest BCUT2D eigenvalue weighted by Gasteiger charge is -2.28. The van der Waals surface area contributed by atoms with Crippen LogP contribution in [0.2, 0.25) is 0 Å². The van der Waals surface area contributed by atoms with Crippen LogP contribution < -0.4 is 0 Å². The molecule has 0 unspecified atom stereocenters. The van der Waals surface area contributed by atoms with Crippen LogP contribution in [0.4, 0.5) is 0 Å². The second-order valence-corrected chi connectivity index (χ2v) is 11.1. The molecule has 0 spiro atoms. The molecule has 0 radical (unpaired) electrons. The van der Waals surface area contributed by atoms with E-state index in [1.165, 1.54) is 0 Å². The van der Waals surface area contributed by atoms with Gasteiger partial charge in [-0.05, 0) is 39.5 Å². The van der Waals surface area contributed by atoms with Gasteiger partial charge in [-0.2, -0.15) is 0 Å². The molecule has 194 valence electrons. The van der Waals surface area contributed by atoms with Gasteiger partial charge in [0.05, 0.1) is 26.4 Å². The van der Waals surface area contributed by atoms with Gasteiger partial charge in [0.1, 0.15) is 24.2 Å². The van der Waals surface area contributed by atoms with E-state index in [4.69, 9.17) is 38.9 Å². The summed E-state index contributed by atoms with van der Waals surface area (Å²) in [5, 5.41) is 0. The fraction of sp³-hybridized carbons (Fsp3) is 0.833. The van der Waals surface area contributed by atoms with Gasteiger partial charge < -0.3 is 18.9 Å². The molecule has 0 aromatic carbocycles. The zero-order valence-electron chi connectivity index (χ0n) is 21.9. The topological polar surface area (TPSA) is 86.4 Å². The Morgan fingerprint density at radius 1 is 0.559 bits per heavy atom. The molecule has 2 aliphatic rings. The summed E-state index contributed by atoms with van der Waals surface area (Å²) in [5.41, 5.74) is 0. The highest BCUT2D eigenvalue weighted by atomic mass is 33.1. The van der Waals surface area contributed by atoms with Crippen molar-refractivity contribution in [3.63, 3.8) is 0 Å². The van der Waals surface area contributed by atoms with Gasteiger partial charge in [-0.3, -0.25) is 0 Å². The average molecular weight is 515 g/mol. The Balaban J connectivity index is 2.05. The van der Waals surface area contributed by atoms with Gasteiger partial charge in [0.2, 0.25) is 23.6 Å². The molecule has 8 nitrogen and oxygen atoms in total. The van der Waals surface area contributed by atoms with Crippen LogP contribution in [0.1, 0.15) is 55.4 Å². The maximum Gasteiger partial charge on any atom is 0.210 e. The Morgan fingerprint density at radius 3 is 1.18 bits per heavy atom. The van der Waals surface area contributed by atoms with Crippen molar-refractivity contribution in [2.24, 2.45) is 31.8 Å². The van der Waals surface area contributed by atoms with Crippen molar-refractivity contribution in [3.05, 3.63) is 0 Å². The minimum atomic E-state index is -0.159. The molecule has 0 aromatic heterocycles. The van der Waals surface area contributed by atoms with Crippen LogP contribution in [-0.2, 0) is 18.9 Å². The quantitative estimate of drug-likeness (QED) is 0.287. The molecule has 0 N–H and O–H groups in total. The normalized spacial score (nSPS) is 24.9. The summed E-state index contributed by atoms with van der Waals surface area (Å²) in [6.07, 6.45) is 0. The van der Waals surface area contributed by atoms with Crippen LogP contribution in [0.5, 0.6) is 0 Å². The first-order valence-electron chi connectivity index (χ1n) is 12.4. The van der Waals surface area contributed by atoms with E-state index in [1.54, 1.807) is 21.6 Å². The highest BCUT2D eigenvalue weighted by Gasteiger charge is 2.33. The Kier molecular flexibility index (Phi) is 12.6. The molecule has 0 fully saturated rings. The van der Waals surface area contributed by atoms with E-state index in [0.29, 0.717) is 61.9 Å². The van der Waals surface area contributed by atoms with Gasteiger partial charge in [0.15, 0.2) is 0 Å². The molecule has 0 aromatic rings. The number of rotatable bonds is 11. The average Bonchev–Trinajstić information content (AvgIpc) is 2.79. The standard InChI is InChI=1S/C24H42N4O4S2/c1-9-29-21-17(25-23(31-11-3)19(27-21)15(5)6)13-33-34-14-18-22(30-10-2)28-20(16(7)8)24(26-18)32-12-4/h15-20H,9-14H2,1-8H3/t17-,18-,19+,20+/m0/s1. The van der Waals surface area contributed by atoms with Crippen molar-refractivity contribution in [1.29, 1.82) is 0 Å². The molecule has 2 heterocycles.